The number of β-lactam (4-membered cyclic amide) rings is 1. The fourth-order valence-corrected chi connectivity index (χ4v) is 6.90. The number of azo groups is 1. The first-order valence-corrected chi connectivity index (χ1v) is 14.3. The van der Waals surface area contributed by atoms with Crippen LogP contribution in [0.25, 0.3) is 0 Å². The van der Waals surface area contributed by atoms with Crippen molar-refractivity contribution >= 4 is 57.4 Å². The number of carbonyl (C=O) groups is 3. The molecule has 1 aromatic carbocycles. The highest BCUT2D eigenvalue weighted by Crippen LogP contribution is 2.45. The quantitative estimate of drug-likeness (QED) is 0.255. The minimum atomic E-state index is -1.21. The van der Waals surface area contributed by atoms with Gasteiger partial charge in [0.2, 0.25) is 11.8 Å². The van der Waals surface area contributed by atoms with Gasteiger partial charge in [0.1, 0.15) is 29.1 Å². The molecule has 0 spiro atoms. The molecular weight excluding hydrogens is 536 g/mol. The lowest BCUT2D eigenvalue weighted by molar-refractivity contribution is -0.694. The molecule has 2 aliphatic heterocycles. The second-order valence-electron chi connectivity index (χ2n) is 9.26. The molecule has 0 radical (unpaired) electrons. The van der Waals surface area contributed by atoms with Crippen molar-refractivity contribution < 1.29 is 24.1 Å². The molecule has 0 saturated carbocycles. The summed E-state index contributed by atoms with van der Waals surface area (Å²) < 4.78 is 1.76. The number of amides is 2. The molecule has 0 bridgehead atoms. The molecule has 2 unspecified atom stereocenters. The highest BCUT2D eigenvalue weighted by Gasteiger charge is 2.60. The van der Waals surface area contributed by atoms with Crippen LogP contribution in [0.3, 0.4) is 0 Å². The second kappa shape index (κ2) is 12.5. The Hall–Kier alpha value is -3.61. The highest BCUT2D eigenvalue weighted by atomic mass is 32.2. The molecule has 4 heterocycles. The van der Waals surface area contributed by atoms with Crippen LogP contribution in [0.4, 0.5) is 16.5 Å². The Balaban J connectivity index is 0.00000112. The Morgan fingerprint density at radius 3 is 2.49 bits per heavy atom. The number of hydrogen-bond acceptors (Lipinski definition) is 8. The van der Waals surface area contributed by atoms with E-state index in [1.165, 1.54) is 34.9 Å². The van der Waals surface area contributed by atoms with Crippen molar-refractivity contribution in [2.45, 2.75) is 24.9 Å². The number of carbonyl (C=O) groups excluding carboxylic acids is 2. The molecule has 2 N–H and O–H groups in total. The van der Waals surface area contributed by atoms with Crippen LogP contribution in [0.2, 0.25) is 0 Å². The summed E-state index contributed by atoms with van der Waals surface area (Å²) in [4.78, 5) is 41.3. The number of hydrogen-bond donors (Lipinski definition) is 2. The van der Waals surface area contributed by atoms with Crippen LogP contribution in [0, 0.1) is 5.41 Å². The van der Waals surface area contributed by atoms with Crippen molar-refractivity contribution in [1.82, 2.24) is 10.2 Å². The van der Waals surface area contributed by atoms with Gasteiger partial charge in [-0.25, -0.2) is 4.57 Å². The number of nitrogens with one attached hydrogen (secondary N) is 1. The van der Waals surface area contributed by atoms with E-state index in [4.69, 9.17) is 0 Å². The van der Waals surface area contributed by atoms with Gasteiger partial charge in [-0.3, -0.25) is 19.3 Å². The summed E-state index contributed by atoms with van der Waals surface area (Å²) in [7, 11) is 3.75. The number of rotatable bonds is 7. The zero-order chi connectivity index (χ0) is 28.0. The van der Waals surface area contributed by atoms with E-state index >= 15 is 0 Å². The monoisotopic (exact) mass is 567 g/mol. The second-order valence-corrected chi connectivity index (χ2v) is 11.3. The Labute approximate surface area is 235 Å². The van der Waals surface area contributed by atoms with Crippen LogP contribution in [0.1, 0.15) is 6.92 Å². The number of pyridine rings is 1. The molecule has 2 aliphatic rings. The Bertz CT molecular complexity index is 1340. The highest BCUT2D eigenvalue weighted by molar-refractivity contribution is 8.00. The molecule has 2 fully saturated rings. The van der Waals surface area contributed by atoms with Crippen molar-refractivity contribution in [2.24, 2.45) is 15.6 Å². The lowest BCUT2D eigenvalue weighted by Gasteiger charge is -2.55. The third-order valence-electron chi connectivity index (χ3n) is 6.35. The van der Waals surface area contributed by atoms with E-state index in [2.05, 4.69) is 15.5 Å². The fraction of sp³-hybridized carbons (Fsp3) is 0.333. The maximum Gasteiger partial charge on any atom is 0.350 e. The van der Waals surface area contributed by atoms with Crippen LogP contribution < -0.4 is 14.8 Å². The standard InChI is InChI=1S/C25H23N5O4S2.C2H7N/c1-17(31)30(20-11-7-13-35-20)21-22(32)29-15-25(24(33)34,16-36-23(21)29)14-28-12-6-5-10-19(28)27-26-18-8-3-2-4-9-18;1-3-2/h2-13,21,23H,14-16H2,1H3;3H,1-2H3/p+1/t21?,23-,25?;/m1./s1. The van der Waals surface area contributed by atoms with Gasteiger partial charge in [0.25, 0.3) is 0 Å². The van der Waals surface area contributed by atoms with Crippen molar-refractivity contribution in [3.63, 3.8) is 0 Å². The van der Waals surface area contributed by atoms with Gasteiger partial charge in [0.05, 0.1) is 16.3 Å². The Morgan fingerprint density at radius 1 is 1.13 bits per heavy atom. The molecule has 2 aromatic heterocycles. The predicted octanol–water partition coefficient (Wildman–Crippen LogP) is 3.69. The summed E-state index contributed by atoms with van der Waals surface area (Å²) in [5, 5.41) is 23.9. The van der Waals surface area contributed by atoms with Crippen molar-refractivity contribution in [1.29, 1.82) is 0 Å². The van der Waals surface area contributed by atoms with Gasteiger partial charge in [-0.15, -0.1) is 23.1 Å². The van der Waals surface area contributed by atoms with Crippen molar-refractivity contribution in [2.75, 3.05) is 31.3 Å². The Morgan fingerprint density at radius 2 is 1.85 bits per heavy atom. The number of benzene rings is 1. The van der Waals surface area contributed by atoms with Crippen LogP contribution in [-0.2, 0) is 20.9 Å². The maximum absolute atomic E-state index is 13.2. The van der Waals surface area contributed by atoms with Gasteiger partial charge >= 0.3 is 11.8 Å². The van der Waals surface area contributed by atoms with E-state index in [1.54, 1.807) is 21.7 Å². The lowest BCUT2D eigenvalue weighted by Crippen LogP contribution is -2.75. The molecule has 3 atom stereocenters. The van der Waals surface area contributed by atoms with Crippen molar-refractivity contribution in [3.05, 3.63) is 72.2 Å². The molecule has 10 nitrogen and oxygen atoms in total. The average Bonchev–Trinajstić information content (AvgIpc) is 3.46. The maximum atomic E-state index is 13.2. The van der Waals surface area contributed by atoms with E-state index < -0.39 is 17.4 Å². The first kappa shape index (κ1) is 28.4. The Kier molecular flexibility index (Phi) is 9.10. The summed E-state index contributed by atoms with van der Waals surface area (Å²) in [6.45, 7) is 1.63. The van der Waals surface area contributed by atoms with Crippen LogP contribution in [-0.4, -0.2) is 65.6 Å². The third kappa shape index (κ3) is 6.02. The molecule has 39 heavy (non-hydrogen) atoms. The molecule has 12 heteroatoms. The van der Waals surface area contributed by atoms with Crippen molar-refractivity contribution in [3.8, 4) is 0 Å². The molecule has 3 aromatic rings. The average molecular weight is 568 g/mol. The normalized spacial score (nSPS) is 21.9. The number of aromatic nitrogens is 1. The number of anilines is 1. The number of thioether (sulfide) groups is 1. The van der Waals surface area contributed by atoms with E-state index in [0.29, 0.717) is 22.3 Å². The SMILES string of the molecule is CC(=O)N(c1cccs1)C1C(=O)N2CC(C[n+]3ccccc3N=Nc3ccccc3)(C(=O)O)CS[C@H]12.CNC. The summed E-state index contributed by atoms with van der Waals surface area (Å²) in [5.41, 5.74) is -0.524. The number of aliphatic carboxylic acids is 1. The number of nitrogens with zero attached hydrogens (tertiary/aromatic N) is 5. The zero-order valence-corrected chi connectivity index (χ0v) is 23.6. The summed E-state index contributed by atoms with van der Waals surface area (Å²) in [5.74, 6) is -0.612. The predicted molar refractivity (Wildman–Crippen MR) is 152 cm³/mol. The number of carboxylic acid groups (broad SMARTS) is 1. The summed E-state index contributed by atoms with van der Waals surface area (Å²) in [6, 6.07) is 17.7. The molecule has 2 amide bonds. The van der Waals surface area contributed by atoms with E-state index in [-0.39, 0.29) is 30.3 Å². The zero-order valence-electron chi connectivity index (χ0n) is 21.9. The van der Waals surface area contributed by atoms with E-state index in [1.807, 2.05) is 74.1 Å². The molecule has 2 saturated heterocycles. The van der Waals surface area contributed by atoms with Gasteiger partial charge in [0.15, 0.2) is 0 Å². The summed E-state index contributed by atoms with van der Waals surface area (Å²) in [6.07, 6.45) is 1.77. The van der Waals surface area contributed by atoms with Gasteiger partial charge in [-0.2, -0.15) is 0 Å². The third-order valence-corrected chi connectivity index (χ3v) is 8.79. The first-order valence-electron chi connectivity index (χ1n) is 12.3. The molecular formula is C27H31N6O4S2+. The fourth-order valence-electron chi connectivity index (χ4n) is 4.52. The molecule has 0 aliphatic carbocycles. The lowest BCUT2D eigenvalue weighted by atomic mass is 9.86. The topological polar surface area (TPSA) is 119 Å². The van der Waals surface area contributed by atoms with Gasteiger partial charge < -0.3 is 15.3 Å². The molecule has 204 valence electrons. The molecule has 5 rings (SSSR count). The smallest absolute Gasteiger partial charge is 0.350 e. The van der Waals surface area contributed by atoms with Gasteiger partial charge in [0, 0.05) is 25.3 Å². The van der Waals surface area contributed by atoms with Gasteiger partial charge in [-0.1, -0.05) is 24.3 Å². The number of fused-ring (bicyclic) bond motifs is 1. The minimum absolute atomic E-state index is 0.0582. The summed E-state index contributed by atoms with van der Waals surface area (Å²) >= 11 is 2.80. The van der Waals surface area contributed by atoms with Crippen LogP contribution in [0.15, 0.2) is 82.5 Å². The van der Waals surface area contributed by atoms with Gasteiger partial charge in [-0.05, 0) is 54.9 Å². The first-order chi connectivity index (χ1) is 18.8. The van der Waals surface area contributed by atoms with Crippen LogP contribution >= 0.6 is 23.1 Å². The number of thiophene rings is 1. The van der Waals surface area contributed by atoms with E-state index in [9.17, 15) is 19.5 Å². The minimum Gasteiger partial charge on any atom is -0.481 e. The van der Waals surface area contributed by atoms with E-state index in [0.717, 1.165) is 0 Å². The largest absolute Gasteiger partial charge is 0.481 e. The number of carboxylic acids is 1. The van der Waals surface area contributed by atoms with Crippen LogP contribution in [0.5, 0.6) is 0 Å².